The van der Waals surface area contributed by atoms with E-state index in [4.69, 9.17) is 46.4 Å². The van der Waals surface area contributed by atoms with Crippen LogP contribution in [0.2, 0.25) is 20.1 Å². The molecular weight excluding hydrogens is 542 g/mol. The Morgan fingerprint density at radius 2 is 0.885 bits per heavy atom. The Labute approximate surface area is 185 Å². The summed E-state index contributed by atoms with van der Waals surface area (Å²) in [6.45, 7) is 0. The normalized spacial score (nSPS) is 12.2. The van der Waals surface area contributed by atoms with Crippen LogP contribution in [0.25, 0.3) is 43.1 Å². The summed E-state index contributed by atoms with van der Waals surface area (Å²) in [4.78, 5) is 0. The van der Waals surface area contributed by atoms with Gasteiger partial charge in [-0.15, -0.1) is 0 Å². The summed E-state index contributed by atoms with van der Waals surface area (Å²) in [6.07, 6.45) is 0. The van der Waals surface area contributed by atoms with Crippen LogP contribution in [0, 0.1) is 0 Å². The zero-order chi connectivity index (χ0) is 18.3. The number of benzene rings is 5. The molecule has 6 heteroatoms. The predicted octanol–water partition coefficient (Wildman–Crippen LogP) is 9.88. The van der Waals surface area contributed by atoms with Gasteiger partial charge in [-0.05, 0) is 29.7 Å². The van der Waals surface area contributed by atoms with Crippen LogP contribution in [-0.4, -0.2) is 0 Å². The van der Waals surface area contributed by atoms with Gasteiger partial charge < -0.3 is 0 Å². The van der Waals surface area contributed by atoms with Gasteiger partial charge in [-0.25, -0.2) is 0 Å². The van der Waals surface area contributed by atoms with Crippen LogP contribution >= 0.6 is 78.3 Å². The van der Waals surface area contributed by atoms with Crippen molar-refractivity contribution in [1.82, 2.24) is 0 Å². The van der Waals surface area contributed by atoms with Crippen molar-refractivity contribution < 1.29 is 0 Å². The highest BCUT2D eigenvalue weighted by Gasteiger charge is 2.23. The topological polar surface area (TPSA) is 0 Å². The minimum absolute atomic E-state index is 0.611. The Balaban J connectivity index is 2.37. The van der Waals surface area contributed by atoms with Crippen molar-refractivity contribution >= 4 is 121 Å². The van der Waals surface area contributed by atoms with Crippen molar-refractivity contribution in [2.75, 3.05) is 0 Å². The SMILES string of the molecule is Clc1ccc2ccc(Cl)c3c4c(Cl)cc(Br)c5c(Br)cc(Cl)c(c1c23)c54. The van der Waals surface area contributed by atoms with Gasteiger partial charge >= 0.3 is 0 Å². The molecule has 128 valence electrons. The molecule has 0 aliphatic rings. The molecule has 0 fully saturated rings. The molecular formula is C20H6Br2Cl4. The van der Waals surface area contributed by atoms with Crippen molar-refractivity contribution in [3.05, 3.63) is 65.4 Å². The average molecular weight is 548 g/mol. The molecule has 0 aliphatic heterocycles. The average Bonchev–Trinajstić information content (AvgIpc) is 2.58. The molecule has 0 saturated carbocycles. The number of rotatable bonds is 0. The van der Waals surface area contributed by atoms with Crippen molar-refractivity contribution in [1.29, 1.82) is 0 Å². The molecule has 0 bridgehead atoms. The van der Waals surface area contributed by atoms with Crippen LogP contribution in [0.1, 0.15) is 0 Å². The lowest BCUT2D eigenvalue weighted by atomic mass is 9.89. The van der Waals surface area contributed by atoms with E-state index < -0.39 is 0 Å². The van der Waals surface area contributed by atoms with Crippen LogP contribution < -0.4 is 0 Å². The number of fused-ring (bicyclic) bond motifs is 2. The summed E-state index contributed by atoms with van der Waals surface area (Å²) in [5.41, 5.74) is 0. The summed E-state index contributed by atoms with van der Waals surface area (Å²) in [5.74, 6) is 0. The largest absolute Gasteiger partial charge is 0.0836 e. The molecule has 0 radical (unpaired) electrons. The second kappa shape index (κ2) is 6.01. The molecule has 26 heavy (non-hydrogen) atoms. The van der Waals surface area contributed by atoms with E-state index in [0.29, 0.717) is 20.1 Å². The minimum atomic E-state index is 0.611. The molecule has 0 aromatic heterocycles. The highest BCUT2D eigenvalue weighted by Crippen LogP contribution is 2.52. The monoisotopic (exact) mass is 544 g/mol. The Morgan fingerprint density at radius 1 is 0.462 bits per heavy atom. The molecule has 0 aliphatic carbocycles. The molecule has 0 spiro atoms. The first-order valence-electron chi connectivity index (χ1n) is 7.61. The van der Waals surface area contributed by atoms with Crippen molar-refractivity contribution in [3.63, 3.8) is 0 Å². The molecule has 5 rings (SSSR count). The number of hydrogen-bond donors (Lipinski definition) is 0. The van der Waals surface area contributed by atoms with Gasteiger partial charge in [0.2, 0.25) is 0 Å². The predicted molar refractivity (Wildman–Crippen MR) is 123 cm³/mol. The number of hydrogen-bond acceptors (Lipinski definition) is 0. The summed E-state index contributed by atoms with van der Waals surface area (Å²) in [6, 6.07) is 11.6. The van der Waals surface area contributed by atoms with Crippen molar-refractivity contribution in [2.45, 2.75) is 0 Å². The van der Waals surface area contributed by atoms with E-state index in [2.05, 4.69) is 31.9 Å². The fraction of sp³-hybridized carbons (Fsp3) is 0. The number of halogens is 6. The maximum Gasteiger partial charge on any atom is 0.0503 e. The molecule has 0 saturated heterocycles. The van der Waals surface area contributed by atoms with Gasteiger partial charge in [-0.3, -0.25) is 0 Å². The van der Waals surface area contributed by atoms with Gasteiger partial charge in [0.1, 0.15) is 0 Å². The standard InChI is InChI=1S/C20H6Br2Cl4/c21-8-5-12(25)18-16-10(23)3-1-7-2-4-11(24)17(14(7)16)19-13(26)6-9(22)15(8)20(18)19/h1-6H. The first-order valence-corrected chi connectivity index (χ1v) is 10.7. The molecule has 5 aromatic carbocycles. The summed E-state index contributed by atoms with van der Waals surface area (Å²) in [7, 11) is 0. The van der Waals surface area contributed by atoms with E-state index in [1.165, 1.54) is 0 Å². The highest BCUT2D eigenvalue weighted by molar-refractivity contribution is 9.11. The van der Waals surface area contributed by atoms with Crippen molar-refractivity contribution in [2.24, 2.45) is 0 Å². The zero-order valence-corrected chi connectivity index (χ0v) is 18.9. The zero-order valence-electron chi connectivity index (χ0n) is 12.7. The van der Waals surface area contributed by atoms with Crippen LogP contribution in [0.4, 0.5) is 0 Å². The molecule has 0 atom stereocenters. The van der Waals surface area contributed by atoms with Crippen LogP contribution in [0.5, 0.6) is 0 Å². The Kier molecular flexibility index (Phi) is 4.07. The van der Waals surface area contributed by atoms with Gasteiger partial charge in [0.05, 0.1) is 10.0 Å². The maximum atomic E-state index is 6.70. The van der Waals surface area contributed by atoms with Gasteiger partial charge in [-0.2, -0.15) is 0 Å². The second-order valence-electron chi connectivity index (χ2n) is 6.12. The summed E-state index contributed by atoms with van der Waals surface area (Å²) >= 11 is 34.0. The van der Waals surface area contributed by atoms with E-state index in [9.17, 15) is 0 Å². The summed E-state index contributed by atoms with van der Waals surface area (Å²) < 4.78 is 1.76. The molecule has 0 N–H and O–H groups in total. The molecule has 0 amide bonds. The lowest BCUT2D eigenvalue weighted by Gasteiger charge is -2.19. The lowest BCUT2D eigenvalue weighted by Crippen LogP contribution is -1.92. The Morgan fingerprint density at radius 3 is 1.35 bits per heavy atom. The fourth-order valence-corrected chi connectivity index (χ4v) is 6.73. The molecule has 0 nitrogen and oxygen atoms in total. The van der Waals surface area contributed by atoms with Crippen LogP contribution in [0.3, 0.4) is 0 Å². The molecule has 0 heterocycles. The lowest BCUT2D eigenvalue weighted by molar-refractivity contribution is 1.72. The Bertz CT molecular complexity index is 1290. The fourth-order valence-electron chi connectivity index (χ4n) is 3.82. The van der Waals surface area contributed by atoms with Gasteiger partial charge in [-0.1, -0.05) is 90.4 Å². The van der Waals surface area contributed by atoms with Crippen molar-refractivity contribution in [3.8, 4) is 0 Å². The molecule has 5 aromatic rings. The van der Waals surface area contributed by atoms with E-state index in [0.717, 1.165) is 52.0 Å². The molecule has 0 unspecified atom stereocenters. The van der Waals surface area contributed by atoms with Crippen LogP contribution in [-0.2, 0) is 0 Å². The highest BCUT2D eigenvalue weighted by atomic mass is 79.9. The van der Waals surface area contributed by atoms with E-state index in [1.807, 2.05) is 36.4 Å². The maximum absolute atomic E-state index is 6.70. The third-order valence-electron chi connectivity index (χ3n) is 4.80. The van der Waals surface area contributed by atoms with Crippen LogP contribution in [0.15, 0.2) is 45.3 Å². The third kappa shape index (κ3) is 2.21. The Hall–Kier alpha value is -0.480. The smallest absolute Gasteiger partial charge is 0.0503 e. The van der Waals surface area contributed by atoms with E-state index in [1.54, 1.807) is 0 Å². The van der Waals surface area contributed by atoms with Gasteiger partial charge in [0, 0.05) is 56.7 Å². The van der Waals surface area contributed by atoms with Gasteiger partial charge in [0.15, 0.2) is 0 Å². The first kappa shape index (κ1) is 17.6. The van der Waals surface area contributed by atoms with E-state index in [-0.39, 0.29) is 0 Å². The van der Waals surface area contributed by atoms with Gasteiger partial charge in [0.25, 0.3) is 0 Å². The quantitative estimate of drug-likeness (QED) is 0.134. The van der Waals surface area contributed by atoms with E-state index >= 15 is 0 Å². The third-order valence-corrected chi connectivity index (χ3v) is 7.27. The minimum Gasteiger partial charge on any atom is -0.0836 e. The first-order chi connectivity index (χ1) is 12.4. The summed E-state index contributed by atoms with van der Waals surface area (Å²) in [5, 5.41) is 9.99. The second-order valence-corrected chi connectivity index (χ2v) is 9.46.